The lowest BCUT2D eigenvalue weighted by molar-refractivity contribution is 0.0739. The van der Waals surface area contributed by atoms with Crippen molar-refractivity contribution in [1.82, 2.24) is 15.1 Å². The van der Waals surface area contributed by atoms with Crippen molar-refractivity contribution in [2.75, 3.05) is 36.4 Å². The molecule has 138 valence electrons. The summed E-state index contributed by atoms with van der Waals surface area (Å²) in [6.45, 7) is 8.71. The van der Waals surface area contributed by atoms with E-state index in [1.54, 1.807) is 29.2 Å². The third kappa shape index (κ3) is 4.47. The Balaban J connectivity index is 1.59. The molecule has 1 aliphatic rings. The van der Waals surface area contributed by atoms with E-state index in [9.17, 15) is 9.18 Å². The molecule has 2 heterocycles. The number of nitrogens with zero attached hydrogens (tertiary/aromatic N) is 4. The van der Waals surface area contributed by atoms with E-state index in [2.05, 4.69) is 20.4 Å². The summed E-state index contributed by atoms with van der Waals surface area (Å²) in [6, 6.07) is 9.92. The normalized spacial score (nSPS) is 15.1. The SMILES string of the molecule is CC(C)(C)Nc1ccc(C(=O)N2CCN(c3ccc(F)cc3)CC2)nn1. The van der Waals surface area contributed by atoms with Crippen molar-refractivity contribution in [3.8, 4) is 0 Å². The van der Waals surface area contributed by atoms with Crippen LogP contribution in [-0.2, 0) is 0 Å². The quantitative estimate of drug-likeness (QED) is 0.915. The fourth-order valence-electron chi connectivity index (χ4n) is 2.88. The molecule has 0 atom stereocenters. The summed E-state index contributed by atoms with van der Waals surface area (Å²) in [5.74, 6) is 0.291. The molecule has 1 amide bonds. The third-order valence-electron chi connectivity index (χ3n) is 4.15. The summed E-state index contributed by atoms with van der Waals surface area (Å²) in [7, 11) is 0. The Morgan fingerprint density at radius 3 is 2.19 bits per heavy atom. The molecule has 0 bridgehead atoms. The number of rotatable bonds is 3. The maximum atomic E-state index is 13.0. The van der Waals surface area contributed by atoms with Crippen molar-refractivity contribution in [3.05, 3.63) is 47.9 Å². The summed E-state index contributed by atoms with van der Waals surface area (Å²) in [5, 5.41) is 11.4. The summed E-state index contributed by atoms with van der Waals surface area (Å²) in [6.07, 6.45) is 0. The predicted molar refractivity (Wildman–Crippen MR) is 99.9 cm³/mol. The van der Waals surface area contributed by atoms with Crippen LogP contribution in [-0.4, -0.2) is 52.7 Å². The molecule has 26 heavy (non-hydrogen) atoms. The highest BCUT2D eigenvalue weighted by atomic mass is 19.1. The Morgan fingerprint density at radius 1 is 1.00 bits per heavy atom. The van der Waals surface area contributed by atoms with Gasteiger partial charge in [-0.15, -0.1) is 10.2 Å². The molecule has 0 spiro atoms. The van der Waals surface area contributed by atoms with E-state index in [1.807, 2.05) is 20.8 Å². The van der Waals surface area contributed by atoms with Crippen LogP contribution < -0.4 is 10.2 Å². The van der Waals surface area contributed by atoms with Gasteiger partial charge in [-0.25, -0.2) is 4.39 Å². The van der Waals surface area contributed by atoms with Crippen LogP contribution in [0.25, 0.3) is 0 Å². The Hall–Kier alpha value is -2.70. The number of hydrogen-bond acceptors (Lipinski definition) is 5. The van der Waals surface area contributed by atoms with Crippen molar-refractivity contribution in [2.24, 2.45) is 0 Å². The van der Waals surface area contributed by atoms with Gasteiger partial charge in [0.25, 0.3) is 5.91 Å². The van der Waals surface area contributed by atoms with E-state index in [-0.39, 0.29) is 17.3 Å². The molecular formula is C19H24FN5O. The van der Waals surface area contributed by atoms with Crippen molar-refractivity contribution in [1.29, 1.82) is 0 Å². The van der Waals surface area contributed by atoms with E-state index in [4.69, 9.17) is 0 Å². The second-order valence-electron chi connectivity index (χ2n) is 7.43. The standard InChI is InChI=1S/C19H24FN5O/c1-19(2,3)21-17-9-8-16(22-23-17)18(26)25-12-10-24(11-13-25)15-6-4-14(20)5-7-15/h4-9H,10-13H2,1-3H3,(H,21,23). The van der Waals surface area contributed by atoms with Crippen molar-refractivity contribution in [2.45, 2.75) is 26.3 Å². The molecule has 0 radical (unpaired) electrons. The molecule has 0 aliphatic carbocycles. The number of carbonyl (C=O) groups is 1. The summed E-state index contributed by atoms with van der Waals surface area (Å²) >= 11 is 0. The largest absolute Gasteiger partial charge is 0.368 e. The molecule has 0 saturated carbocycles. The smallest absolute Gasteiger partial charge is 0.274 e. The van der Waals surface area contributed by atoms with Crippen molar-refractivity contribution >= 4 is 17.4 Å². The number of nitrogens with one attached hydrogen (secondary N) is 1. The minimum absolute atomic E-state index is 0.112. The average molecular weight is 357 g/mol. The zero-order chi connectivity index (χ0) is 18.7. The topological polar surface area (TPSA) is 61.4 Å². The van der Waals surface area contributed by atoms with Gasteiger partial charge in [-0.05, 0) is 57.2 Å². The highest BCUT2D eigenvalue weighted by Crippen LogP contribution is 2.18. The first-order valence-electron chi connectivity index (χ1n) is 8.73. The fraction of sp³-hybridized carbons (Fsp3) is 0.421. The second-order valence-corrected chi connectivity index (χ2v) is 7.43. The lowest BCUT2D eigenvalue weighted by atomic mass is 10.1. The minimum Gasteiger partial charge on any atom is -0.368 e. The van der Waals surface area contributed by atoms with Gasteiger partial charge < -0.3 is 15.1 Å². The first kappa shape index (κ1) is 18.1. The van der Waals surface area contributed by atoms with Gasteiger partial charge in [-0.3, -0.25) is 4.79 Å². The van der Waals surface area contributed by atoms with E-state index in [0.29, 0.717) is 37.7 Å². The molecule has 3 rings (SSSR count). The number of aromatic nitrogens is 2. The Kier molecular flexibility index (Phi) is 5.06. The van der Waals surface area contributed by atoms with Crippen LogP contribution in [0.1, 0.15) is 31.3 Å². The van der Waals surface area contributed by atoms with Gasteiger partial charge in [0.2, 0.25) is 0 Å². The van der Waals surface area contributed by atoms with Crippen LogP contribution in [0, 0.1) is 5.82 Å². The number of anilines is 2. The van der Waals surface area contributed by atoms with E-state index < -0.39 is 0 Å². The Morgan fingerprint density at radius 2 is 1.65 bits per heavy atom. The number of piperazine rings is 1. The average Bonchev–Trinajstić information content (AvgIpc) is 2.61. The molecule has 1 aliphatic heterocycles. The Bertz CT molecular complexity index is 747. The van der Waals surface area contributed by atoms with Gasteiger partial charge in [0, 0.05) is 37.4 Å². The zero-order valence-corrected chi connectivity index (χ0v) is 15.4. The van der Waals surface area contributed by atoms with Gasteiger partial charge in [0.05, 0.1) is 0 Å². The van der Waals surface area contributed by atoms with Gasteiger partial charge in [0.15, 0.2) is 5.69 Å². The molecule has 7 heteroatoms. The Labute approximate surface area is 153 Å². The zero-order valence-electron chi connectivity index (χ0n) is 15.4. The number of halogens is 1. The van der Waals surface area contributed by atoms with Crippen LogP contribution in [0.3, 0.4) is 0 Å². The van der Waals surface area contributed by atoms with E-state index in [1.165, 1.54) is 12.1 Å². The minimum atomic E-state index is -0.245. The number of hydrogen-bond donors (Lipinski definition) is 1. The van der Waals surface area contributed by atoms with Gasteiger partial charge >= 0.3 is 0 Å². The highest BCUT2D eigenvalue weighted by molar-refractivity contribution is 5.92. The first-order chi connectivity index (χ1) is 12.3. The molecule has 2 aromatic rings. The number of benzene rings is 1. The van der Waals surface area contributed by atoms with E-state index >= 15 is 0 Å². The third-order valence-corrected chi connectivity index (χ3v) is 4.15. The summed E-state index contributed by atoms with van der Waals surface area (Å²) in [5.41, 5.74) is 1.20. The maximum absolute atomic E-state index is 13.0. The highest BCUT2D eigenvalue weighted by Gasteiger charge is 2.23. The number of amides is 1. The molecule has 1 fully saturated rings. The van der Waals surface area contributed by atoms with Crippen molar-refractivity contribution < 1.29 is 9.18 Å². The first-order valence-corrected chi connectivity index (χ1v) is 8.73. The molecule has 1 aromatic carbocycles. The van der Waals surface area contributed by atoms with Crippen LogP contribution >= 0.6 is 0 Å². The van der Waals surface area contributed by atoms with Crippen molar-refractivity contribution in [3.63, 3.8) is 0 Å². The summed E-state index contributed by atoms with van der Waals surface area (Å²) in [4.78, 5) is 16.5. The molecule has 1 aromatic heterocycles. The molecule has 1 saturated heterocycles. The van der Waals surface area contributed by atoms with Gasteiger partial charge in [0.1, 0.15) is 11.6 Å². The number of carbonyl (C=O) groups excluding carboxylic acids is 1. The molecule has 0 unspecified atom stereocenters. The predicted octanol–water partition coefficient (Wildman–Crippen LogP) is 2.79. The maximum Gasteiger partial charge on any atom is 0.274 e. The van der Waals surface area contributed by atoms with Crippen LogP contribution in [0.4, 0.5) is 15.9 Å². The fourth-order valence-corrected chi connectivity index (χ4v) is 2.88. The van der Waals surface area contributed by atoms with Crippen LogP contribution in [0.15, 0.2) is 36.4 Å². The lowest BCUT2D eigenvalue weighted by Crippen LogP contribution is -2.49. The monoisotopic (exact) mass is 357 g/mol. The van der Waals surface area contributed by atoms with E-state index in [0.717, 1.165) is 5.69 Å². The molecular weight excluding hydrogens is 333 g/mol. The van der Waals surface area contributed by atoms with Crippen LogP contribution in [0.5, 0.6) is 0 Å². The second kappa shape index (κ2) is 7.27. The van der Waals surface area contributed by atoms with Gasteiger partial charge in [-0.1, -0.05) is 0 Å². The van der Waals surface area contributed by atoms with Gasteiger partial charge in [-0.2, -0.15) is 0 Å². The lowest BCUT2D eigenvalue weighted by Gasteiger charge is -2.35. The van der Waals surface area contributed by atoms with Crippen LogP contribution in [0.2, 0.25) is 0 Å². The summed E-state index contributed by atoms with van der Waals surface area (Å²) < 4.78 is 13.0. The molecule has 1 N–H and O–H groups in total. The molecule has 6 nitrogen and oxygen atoms in total.